The van der Waals surface area contributed by atoms with Crippen LogP contribution in [0, 0.1) is 34.6 Å². The molecule has 26 heteroatoms. The van der Waals surface area contributed by atoms with E-state index in [1.807, 2.05) is 26.0 Å². The predicted octanol–water partition coefficient (Wildman–Crippen LogP) is 6.37. The number of carboxylic acids is 1. The van der Waals surface area contributed by atoms with E-state index in [1.54, 1.807) is 55.8 Å². The Kier molecular flexibility index (Phi) is 20.5. The third-order valence-electron chi connectivity index (χ3n) is 14.1. The highest BCUT2D eigenvalue weighted by molar-refractivity contribution is 7.90. The number of amides is 5. The fraction of sp³-hybridized carbons (Fsp3) is 0.379. The number of aryl methyl sites for hydroxylation is 4. The summed E-state index contributed by atoms with van der Waals surface area (Å²) in [5, 5.41) is 22.7. The summed E-state index contributed by atoms with van der Waals surface area (Å²) >= 11 is 13.3. The zero-order valence-corrected chi connectivity index (χ0v) is 49.1. The predicted molar refractivity (Wildman–Crippen MR) is 308 cm³/mol. The van der Waals surface area contributed by atoms with Gasteiger partial charge in [-0.1, -0.05) is 29.3 Å². The van der Waals surface area contributed by atoms with Gasteiger partial charge in [0.25, 0.3) is 27.4 Å². The number of nitrogens with one attached hydrogen (secondary N) is 4. The van der Waals surface area contributed by atoms with Gasteiger partial charge in [-0.25, -0.2) is 9.52 Å². The lowest BCUT2D eigenvalue weighted by atomic mass is 9.93. The van der Waals surface area contributed by atoms with Crippen LogP contribution in [0.5, 0.6) is 11.5 Å². The van der Waals surface area contributed by atoms with Crippen LogP contribution in [0.4, 0.5) is 0 Å². The molecule has 6 aromatic rings. The Bertz CT molecular complexity index is 3730. The molecule has 0 radical (unpaired) electrons. The number of pyridine rings is 1. The largest absolute Gasteiger partial charge is 0.494 e. The maximum atomic E-state index is 14.1. The summed E-state index contributed by atoms with van der Waals surface area (Å²) in [4.78, 5) is 88.6. The Balaban J connectivity index is 0.763. The van der Waals surface area contributed by atoms with Crippen molar-refractivity contribution < 1.29 is 70.4 Å². The van der Waals surface area contributed by atoms with Gasteiger partial charge < -0.3 is 43.8 Å². The Hall–Kier alpha value is -7.87. The number of imide groups is 1. The van der Waals surface area contributed by atoms with Crippen molar-refractivity contribution in [3.05, 3.63) is 132 Å². The van der Waals surface area contributed by atoms with E-state index >= 15 is 0 Å². The lowest BCUT2D eigenvalue weighted by Crippen LogP contribution is -2.44. The van der Waals surface area contributed by atoms with Crippen LogP contribution < -0.4 is 35.7 Å². The van der Waals surface area contributed by atoms with Crippen molar-refractivity contribution in [2.45, 2.75) is 90.8 Å². The quantitative estimate of drug-likeness (QED) is 0.0203. The number of fused-ring (bicyclic) bond motifs is 2. The highest BCUT2D eigenvalue weighted by atomic mass is 35.5. The van der Waals surface area contributed by atoms with Crippen LogP contribution in [0.15, 0.2) is 80.5 Å². The second kappa shape index (κ2) is 27.7. The molecule has 8 rings (SSSR count). The number of aromatic carboxylic acids is 1. The van der Waals surface area contributed by atoms with Gasteiger partial charge in [0, 0.05) is 76.0 Å². The van der Waals surface area contributed by atoms with Gasteiger partial charge in [-0.05, 0) is 136 Å². The number of hydrogen-bond acceptors (Lipinski definition) is 16. The third kappa shape index (κ3) is 14.9. The van der Waals surface area contributed by atoms with E-state index in [1.165, 1.54) is 10.6 Å². The van der Waals surface area contributed by atoms with Crippen molar-refractivity contribution in [1.82, 2.24) is 35.0 Å². The molecule has 3 aromatic heterocycles. The van der Waals surface area contributed by atoms with Crippen LogP contribution in [0.3, 0.4) is 0 Å². The number of sulfonamides is 1. The molecule has 4 heterocycles. The number of carbonyl (C=O) groups excluding carboxylic acids is 5. The van der Waals surface area contributed by atoms with Gasteiger partial charge in [0.05, 0.1) is 44.2 Å². The third-order valence-corrected chi connectivity index (χ3v) is 16.2. The number of piperidine rings is 1. The molecule has 1 aliphatic carbocycles. The summed E-state index contributed by atoms with van der Waals surface area (Å²) in [6.07, 6.45) is 1.50. The number of benzene rings is 3. The Labute approximate surface area is 492 Å². The second-order valence-electron chi connectivity index (χ2n) is 20.0. The van der Waals surface area contributed by atoms with Gasteiger partial charge in [-0.2, -0.15) is 13.5 Å². The van der Waals surface area contributed by atoms with E-state index in [0.717, 1.165) is 28.6 Å². The molecule has 0 saturated carbocycles. The van der Waals surface area contributed by atoms with Crippen LogP contribution in [0.25, 0.3) is 27.6 Å². The van der Waals surface area contributed by atoms with Gasteiger partial charge in [-0.3, -0.25) is 43.3 Å². The summed E-state index contributed by atoms with van der Waals surface area (Å²) in [6, 6.07) is 14.6. The van der Waals surface area contributed by atoms with E-state index in [0.29, 0.717) is 111 Å². The number of ether oxygens (including phenoxy) is 5. The SMILES string of the molecule is Cc1cc(OCCCC2=C(C(=O)NS(=O)(=O)c3ccc(C(=O)O)o3)Cc3c2ccc(Cl)c3-c2c(C)nn(CC(=O)NCCCOCCOCCOCNC(=O)COc3ccc4c(C)cc(=O)n(C5CCC(=O)NC5=O)c4c3)c2C)cc(C)c1Cl. The van der Waals surface area contributed by atoms with E-state index in [2.05, 4.69) is 25.8 Å². The highest BCUT2D eigenvalue weighted by Crippen LogP contribution is 2.46. The zero-order valence-electron chi connectivity index (χ0n) is 46.7. The first kappa shape index (κ1) is 62.2. The van der Waals surface area contributed by atoms with Crippen LogP contribution in [0.2, 0.25) is 10.0 Å². The molecule has 2 aliphatic rings. The maximum absolute atomic E-state index is 14.1. The van der Waals surface area contributed by atoms with Crippen LogP contribution in [0.1, 0.15) is 87.9 Å². The van der Waals surface area contributed by atoms with Crippen molar-refractivity contribution >= 4 is 85.2 Å². The number of allylic oxidation sites excluding steroid dienone is 1. The number of furan rings is 1. The van der Waals surface area contributed by atoms with Crippen molar-refractivity contribution in [3.63, 3.8) is 0 Å². The summed E-state index contributed by atoms with van der Waals surface area (Å²) in [6.45, 7) is 10.5. The maximum Gasteiger partial charge on any atom is 0.371 e. The summed E-state index contributed by atoms with van der Waals surface area (Å²) in [5.74, 6) is -3.81. The zero-order chi connectivity index (χ0) is 60.4. The normalized spacial score (nSPS) is 14.2. The lowest BCUT2D eigenvalue weighted by molar-refractivity contribution is -0.136. The average Bonchev–Trinajstić information content (AvgIpc) is 2.07. The molecule has 1 atom stereocenters. The molecule has 1 fully saturated rings. The van der Waals surface area contributed by atoms with Gasteiger partial charge in [0.15, 0.2) is 6.61 Å². The van der Waals surface area contributed by atoms with Gasteiger partial charge in [0.1, 0.15) is 30.8 Å². The number of nitrogens with zero attached hydrogens (tertiary/aromatic N) is 3. The monoisotopic (exact) mass is 1220 g/mol. The van der Waals surface area contributed by atoms with Gasteiger partial charge in [-0.15, -0.1) is 0 Å². The van der Waals surface area contributed by atoms with Crippen LogP contribution in [-0.4, -0.2) is 123 Å². The minimum Gasteiger partial charge on any atom is -0.494 e. The molecule has 3 aromatic carbocycles. The minimum absolute atomic E-state index is 0.0217. The average molecular weight is 1220 g/mol. The number of aromatic nitrogens is 3. The summed E-state index contributed by atoms with van der Waals surface area (Å²) in [5.41, 5.74) is 6.88. The fourth-order valence-corrected chi connectivity index (χ4v) is 11.3. The fourth-order valence-electron chi connectivity index (χ4n) is 10.0. The van der Waals surface area contributed by atoms with Crippen molar-refractivity contribution in [3.8, 4) is 22.6 Å². The molecular formula is C58H63Cl2N7O16S. The molecule has 0 spiro atoms. The first-order valence-electron chi connectivity index (χ1n) is 26.9. The second-order valence-corrected chi connectivity index (χ2v) is 22.4. The molecule has 446 valence electrons. The first-order valence-corrected chi connectivity index (χ1v) is 29.1. The molecule has 1 aliphatic heterocycles. The summed E-state index contributed by atoms with van der Waals surface area (Å²) in [7, 11) is -4.64. The molecule has 1 saturated heterocycles. The molecule has 84 heavy (non-hydrogen) atoms. The van der Waals surface area contributed by atoms with Crippen molar-refractivity contribution in [2.75, 3.05) is 59.5 Å². The van der Waals surface area contributed by atoms with E-state index < -0.39 is 62.1 Å². The number of halogens is 2. The van der Waals surface area contributed by atoms with Crippen LogP contribution >= 0.6 is 23.2 Å². The number of carbonyl (C=O) groups is 6. The van der Waals surface area contributed by atoms with Gasteiger partial charge in [0.2, 0.25) is 28.6 Å². The molecule has 23 nitrogen and oxygen atoms in total. The summed E-state index contributed by atoms with van der Waals surface area (Å²) < 4.78 is 65.1. The minimum atomic E-state index is -4.64. The standard InChI is InChI=1S/C58H63Cl2N7O16S/c1-32-26-51(71)67(45-13-15-48(68)63-57(45)73)46-27-37(9-10-39(32)46)82-30-50(70)62-31-80-23-22-79-21-20-78-18-7-17-61-49(69)29-66-36(5)53(35(4)64-66)54-42-28-43(56(72)65-84(76,77)52-16-14-47(83-52)58(74)75)40(41(42)11-12-44(54)59)8-6-19-81-38-24-33(2)55(60)34(3)25-38/h9-12,14,16,24-27,45H,6-8,13,15,17-23,28-31H2,1-5H3,(H,61,69)(H,62,70)(H,65,72)(H,74,75)(H,63,68,73). The Morgan fingerprint density at radius 2 is 1.52 bits per heavy atom. The molecule has 1 unspecified atom stereocenters. The van der Waals surface area contributed by atoms with E-state index in [4.69, 9.17) is 51.3 Å². The first-order chi connectivity index (χ1) is 40.1. The molecule has 5 N–H and O–H groups in total. The van der Waals surface area contributed by atoms with Gasteiger partial charge >= 0.3 is 5.97 Å². The molecular weight excluding hydrogens is 1150 g/mol. The van der Waals surface area contributed by atoms with Crippen LogP contribution in [-0.2, 0) is 61.2 Å². The highest BCUT2D eigenvalue weighted by Gasteiger charge is 2.35. The smallest absolute Gasteiger partial charge is 0.371 e. The number of hydrogen-bond donors (Lipinski definition) is 5. The number of carboxylic acid groups (broad SMARTS) is 1. The topological polar surface area (TPSA) is 304 Å². The van der Waals surface area contributed by atoms with E-state index in [9.17, 15) is 47.1 Å². The van der Waals surface area contributed by atoms with Crippen molar-refractivity contribution in [1.29, 1.82) is 0 Å². The molecule has 0 bridgehead atoms. The Morgan fingerprint density at radius 1 is 0.798 bits per heavy atom. The Morgan fingerprint density at radius 3 is 2.24 bits per heavy atom. The molecule has 5 amide bonds. The number of rotatable bonds is 28. The lowest BCUT2D eigenvalue weighted by Gasteiger charge is -2.25. The van der Waals surface area contributed by atoms with Crippen molar-refractivity contribution in [2.24, 2.45) is 0 Å². The van der Waals surface area contributed by atoms with E-state index in [-0.39, 0.29) is 77.1 Å².